The van der Waals surface area contributed by atoms with E-state index >= 15 is 0 Å². The molecule has 0 spiro atoms. The fourth-order valence-corrected chi connectivity index (χ4v) is 3.95. The van der Waals surface area contributed by atoms with Crippen molar-refractivity contribution >= 4 is 33.0 Å². The number of nitrogens with one attached hydrogen (secondary N) is 1. The van der Waals surface area contributed by atoms with E-state index in [2.05, 4.69) is 24.1 Å². The Labute approximate surface area is 122 Å². The van der Waals surface area contributed by atoms with Crippen LogP contribution in [0.4, 0.5) is 5.69 Å². The quantitative estimate of drug-likeness (QED) is 0.892. The molecule has 4 nitrogen and oxygen atoms in total. The molecule has 0 aromatic carbocycles. The third-order valence-electron chi connectivity index (χ3n) is 4.30. The predicted octanol–water partition coefficient (Wildman–Crippen LogP) is 3.19. The van der Waals surface area contributed by atoms with Gasteiger partial charge in [0, 0.05) is 23.8 Å². The van der Waals surface area contributed by atoms with Gasteiger partial charge in [0.05, 0.1) is 10.4 Å². The van der Waals surface area contributed by atoms with Gasteiger partial charge in [-0.15, -0.1) is 11.3 Å². The normalized spacial score (nSPS) is 21.2. The fraction of sp³-hybridized carbons (Fsp3) is 0.467. The first kappa shape index (κ1) is 13.4. The Bertz CT molecular complexity index is 662. The van der Waals surface area contributed by atoms with E-state index in [1.165, 1.54) is 17.8 Å². The van der Waals surface area contributed by atoms with Gasteiger partial charge in [0.2, 0.25) is 0 Å². The van der Waals surface area contributed by atoms with Gasteiger partial charge in [-0.05, 0) is 24.3 Å². The van der Waals surface area contributed by atoms with E-state index < -0.39 is 0 Å². The summed E-state index contributed by atoms with van der Waals surface area (Å²) in [5, 5.41) is 4.08. The summed E-state index contributed by atoms with van der Waals surface area (Å²) in [6.45, 7) is 4.42. The van der Waals surface area contributed by atoms with Crippen molar-refractivity contribution in [1.29, 1.82) is 0 Å². The number of thiophene rings is 1. The summed E-state index contributed by atoms with van der Waals surface area (Å²) in [7, 11) is 0. The summed E-state index contributed by atoms with van der Waals surface area (Å²) >= 11 is 1.42. The lowest BCUT2D eigenvalue weighted by molar-refractivity contribution is 0.0915. The molecule has 2 heterocycles. The molecule has 0 bridgehead atoms. The predicted molar refractivity (Wildman–Crippen MR) is 82.9 cm³/mol. The molecule has 106 valence electrons. The van der Waals surface area contributed by atoms with Gasteiger partial charge in [0.25, 0.3) is 5.91 Å². The number of anilines is 1. The van der Waals surface area contributed by atoms with E-state index in [9.17, 15) is 4.79 Å². The summed E-state index contributed by atoms with van der Waals surface area (Å²) in [6.07, 6.45) is 6.83. The average Bonchev–Trinajstić information content (AvgIpc) is 2.91. The van der Waals surface area contributed by atoms with Crippen LogP contribution in [0.3, 0.4) is 0 Å². The largest absolute Gasteiger partial charge is 0.397 e. The van der Waals surface area contributed by atoms with Crippen LogP contribution in [0.25, 0.3) is 10.1 Å². The van der Waals surface area contributed by atoms with Crippen LogP contribution in [0.15, 0.2) is 18.5 Å². The number of nitrogen functional groups attached to an aromatic ring is 1. The molecule has 1 saturated carbocycles. The summed E-state index contributed by atoms with van der Waals surface area (Å²) in [5.74, 6) is -0.0522. The zero-order valence-corrected chi connectivity index (χ0v) is 12.6. The maximum atomic E-state index is 12.5. The van der Waals surface area contributed by atoms with Gasteiger partial charge in [0.15, 0.2) is 0 Å². The minimum Gasteiger partial charge on any atom is -0.397 e. The number of carbonyl (C=O) groups is 1. The van der Waals surface area contributed by atoms with Crippen molar-refractivity contribution in [1.82, 2.24) is 10.3 Å². The number of pyridine rings is 1. The lowest BCUT2D eigenvalue weighted by Gasteiger charge is -2.27. The number of hydrogen-bond donors (Lipinski definition) is 2. The Morgan fingerprint density at radius 3 is 3.00 bits per heavy atom. The Hall–Kier alpha value is -1.62. The summed E-state index contributed by atoms with van der Waals surface area (Å²) in [5.41, 5.74) is 6.84. The van der Waals surface area contributed by atoms with Crippen LogP contribution < -0.4 is 11.1 Å². The van der Waals surface area contributed by atoms with Crippen molar-refractivity contribution < 1.29 is 4.79 Å². The van der Waals surface area contributed by atoms with E-state index in [4.69, 9.17) is 5.73 Å². The third-order valence-corrected chi connectivity index (χ3v) is 5.45. The second-order valence-corrected chi connectivity index (χ2v) is 7.18. The van der Waals surface area contributed by atoms with Crippen LogP contribution in [0.1, 0.15) is 42.8 Å². The van der Waals surface area contributed by atoms with Crippen molar-refractivity contribution in [3.63, 3.8) is 0 Å². The van der Waals surface area contributed by atoms with E-state index in [1.54, 1.807) is 12.4 Å². The first-order valence-electron chi connectivity index (χ1n) is 6.92. The number of aromatic nitrogens is 1. The molecule has 1 amide bonds. The maximum Gasteiger partial charge on any atom is 0.263 e. The number of hydrogen-bond acceptors (Lipinski definition) is 4. The molecule has 0 radical (unpaired) electrons. The molecule has 20 heavy (non-hydrogen) atoms. The highest BCUT2D eigenvalue weighted by atomic mass is 32.1. The standard InChI is InChI=1S/C15H19N3OS/c1-15(2)6-3-4-11(15)18-14(19)13-12(16)9-5-7-17-8-10(9)20-13/h5,7-8,11H,3-4,6,16H2,1-2H3,(H,18,19). The van der Waals surface area contributed by atoms with Crippen molar-refractivity contribution in [2.45, 2.75) is 39.2 Å². The molecule has 3 N–H and O–H groups in total. The van der Waals surface area contributed by atoms with Gasteiger partial charge < -0.3 is 11.1 Å². The zero-order valence-electron chi connectivity index (χ0n) is 11.8. The highest BCUT2D eigenvalue weighted by Crippen LogP contribution is 2.38. The van der Waals surface area contributed by atoms with Crippen molar-refractivity contribution in [2.75, 3.05) is 5.73 Å². The number of fused-ring (bicyclic) bond motifs is 1. The first-order valence-corrected chi connectivity index (χ1v) is 7.73. The van der Waals surface area contributed by atoms with Crippen LogP contribution >= 0.6 is 11.3 Å². The zero-order chi connectivity index (χ0) is 14.3. The van der Waals surface area contributed by atoms with Crippen molar-refractivity contribution in [2.24, 2.45) is 5.41 Å². The van der Waals surface area contributed by atoms with Crippen LogP contribution in [0, 0.1) is 5.41 Å². The average molecular weight is 289 g/mol. The molecule has 3 rings (SSSR count). The molecule has 2 aromatic rings. The SMILES string of the molecule is CC1(C)CCCC1NC(=O)c1sc2cnccc2c1N. The number of nitrogens with two attached hydrogens (primary N) is 1. The maximum absolute atomic E-state index is 12.5. The molecule has 1 aliphatic carbocycles. The minimum atomic E-state index is -0.0522. The number of amides is 1. The Morgan fingerprint density at radius 2 is 2.35 bits per heavy atom. The van der Waals surface area contributed by atoms with E-state index in [-0.39, 0.29) is 17.4 Å². The second-order valence-electron chi connectivity index (χ2n) is 6.12. The molecule has 1 unspecified atom stereocenters. The third kappa shape index (κ3) is 2.16. The summed E-state index contributed by atoms with van der Waals surface area (Å²) < 4.78 is 0.959. The Balaban J connectivity index is 1.88. The monoisotopic (exact) mass is 289 g/mol. The molecular formula is C15H19N3OS. The van der Waals surface area contributed by atoms with Gasteiger partial charge >= 0.3 is 0 Å². The highest BCUT2D eigenvalue weighted by Gasteiger charge is 2.36. The molecule has 1 aliphatic rings. The molecule has 5 heteroatoms. The lowest BCUT2D eigenvalue weighted by Crippen LogP contribution is -2.41. The van der Waals surface area contributed by atoms with Gasteiger partial charge in [-0.25, -0.2) is 0 Å². The van der Waals surface area contributed by atoms with Gasteiger partial charge in [-0.2, -0.15) is 0 Å². The topological polar surface area (TPSA) is 68.0 Å². The molecule has 1 fully saturated rings. The van der Waals surface area contributed by atoms with Crippen LogP contribution in [0.5, 0.6) is 0 Å². The van der Waals surface area contributed by atoms with Gasteiger partial charge in [0.1, 0.15) is 4.88 Å². The van der Waals surface area contributed by atoms with Crippen molar-refractivity contribution in [3.05, 3.63) is 23.3 Å². The summed E-state index contributed by atoms with van der Waals surface area (Å²) in [6, 6.07) is 2.09. The molecule has 0 saturated heterocycles. The molecule has 0 aliphatic heterocycles. The van der Waals surface area contributed by atoms with Gasteiger partial charge in [-0.3, -0.25) is 9.78 Å². The number of nitrogens with zero attached hydrogens (tertiary/aromatic N) is 1. The van der Waals surface area contributed by atoms with E-state index in [1.807, 2.05) is 6.07 Å². The first-order chi connectivity index (χ1) is 9.49. The summed E-state index contributed by atoms with van der Waals surface area (Å²) in [4.78, 5) is 17.2. The number of rotatable bonds is 2. The van der Waals surface area contributed by atoms with E-state index in [0.717, 1.165) is 22.9 Å². The van der Waals surface area contributed by atoms with Crippen molar-refractivity contribution in [3.8, 4) is 0 Å². The Kier molecular flexibility index (Phi) is 3.17. The second kappa shape index (κ2) is 4.74. The highest BCUT2D eigenvalue weighted by molar-refractivity contribution is 7.21. The fourth-order valence-electron chi connectivity index (χ4n) is 2.96. The molecule has 1 atom stereocenters. The van der Waals surface area contributed by atoms with Gasteiger partial charge in [-0.1, -0.05) is 20.3 Å². The van der Waals surface area contributed by atoms with E-state index in [0.29, 0.717) is 10.6 Å². The number of carbonyl (C=O) groups excluding carboxylic acids is 1. The smallest absolute Gasteiger partial charge is 0.263 e. The Morgan fingerprint density at radius 1 is 1.55 bits per heavy atom. The molecular weight excluding hydrogens is 270 g/mol. The molecule has 2 aromatic heterocycles. The van der Waals surface area contributed by atoms with Crippen LogP contribution in [-0.4, -0.2) is 16.9 Å². The minimum absolute atomic E-state index is 0.0522. The van der Waals surface area contributed by atoms with Crippen LogP contribution in [-0.2, 0) is 0 Å². The lowest BCUT2D eigenvalue weighted by atomic mass is 9.87. The van der Waals surface area contributed by atoms with Crippen LogP contribution in [0.2, 0.25) is 0 Å².